The number of hydrogen-bond donors (Lipinski definition) is 1. The molecule has 164 valence electrons. The molecule has 2 aromatic rings. The Kier molecular flexibility index (Phi) is 6.84. The summed E-state index contributed by atoms with van der Waals surface area (Å²) < 4.78 is 15.8. The highest BCUT2D eigenvalue weighted by atomic mass is 16.6. The number of carbonyl (C=O) groups excluding carboxylic acids is 2. The minimum Gasteiger partial charge on any atom is -0.467 e. The molecule has 1 amide bonds. The van der Waals surface area contributed by atoms with E-state index in [-0.39, 0.29) is 12.5 Å². The summed E-state index contributed by atoms with van der Waals surface area (Å²) in [5, 5.41) is 2.69. The molecule has 4 rings (SSSR count). The van der Waals surface area contributed by atoms with Gasteiger partial charge < -0.3 is 19.5 Å². The van der Waals surface area contributed by atoms with E-state index in [1.54, 1.807) is 0 Å². The third kappa shape index (κ3) is 4.89. The summed E-state index contributed by atoms with van der Waals surface area (Å²) in [5.41, 5.74) is 4.64. The van der Waals surface area contributed by atoms with Crippen LogP contribution in [0.15, 0.2) is 48.5 Å². The molecule has 1 aliphatic heterocycles. The fourth-order valence-corrected chi connectivity index (χ4v) is 4.31. The van der Waals surface area contributed by atoms with Gasteiger partial charge >= 0.3 is 12.1 Å². The summed E-state index contributed by atoms with van der Waals surface area (Å²) in [6.07, 6.45) is -0.157. The number of carbonyl (C=O) groups is 2. The number of benzene rings is 2. The van der Waals surface area contributed by atoms with E-state index in [4.69, 9.17) is 14.2 Å². The summed E-state index contributed by atoms with van der Waals surface area (Å²) in [5.74, 6) is -0.496. The molecule has 0 aromatic heterocycles. The van der Waals surface area contributed by atoms with Crippen LogP contribution in [0.5, 0.6) is 0 Å². The first kappa shape index (κ1) is 21.3. The zero-order valence-electron chi connectivity index (χ0n) is 17.7. The first-order valence-electron chi connectivity index (χ1n) is 10.7. The Morgan fingerprint density at radius 3 is 2.29 bits per heavy atom. The van der Waals surface area contributed by atoms with E-state index in [2.05, 4.69) is 34.5 Å². The zero-order valence-corrected chi connectivity index (χ0v) is 17.7. The van der Waals surface area contributed by atoms with Crippen molar-refractivity contribution in [1.29, 1.82) is 0 Å². The second kappa shape index (κ2) is 9.94. The van der Waals surface area contributed by atoms with E-state index in [1.165, 1.54) is 18.2 Å². The molecular formula is C24H28N2O5. The summed E-state index contributed by atoms with van der Waals surface area (Å²) in [7, 11) is 1.32. The van der Waals surface area contributed by atoms with E-state index in [9.17, 15) is 9.59 Å². The van der Waals surface area contributed by atoms with Crippen LogP contribution in [0.1, 0.15) is 23.5 Å². The Morgan fingerprint density at radius 2 is 1.68 bits per heavy atom. The maximum Gasteiger partial charge on any atom is 0.407 e. The highest BCUT2D eigenvalue weighted by molar-refractivity contribution is 5.82. The highest BCUT2D eigenvalue weighted by Gasteiger charge is 2.30. The van der Waals surface area contributed by atoms with Crippen molar-refractivity contribution in [1.82, 2.24) is 10.2 Å². The van der Waals surface area contributed by atoms with Crippen LogP contribution < -0.4 is 5.32 Å². The van der Waals surface area contributed by atoms with Crippen molar-refractivity contribution in [2.45, 2.75) is 18.4 Å². The lowest BCUT2D eigenvalue weighted by molar-refractivity contribution is -0.143. The van der Waals surface area contributed by atoms with Crippen molar-refractivity contribution in [2.24, 2.45) is 0 Å². The predicted molar refractivity (Wildman–Crippen MR) is 116 cm³/mol. The molecule has 0 spiro atoms. The van der Waals surface area contributed by atoms with Crippen LogP contribution in [-0.2, 0) is 19.0 Å². The number of ether oxygens (including phenoxy) is 3. The van der Waals surface area contributed by atoms with E-state index in [0.717, 1.165) is 24.2 Å². The molecule has 1 heterocycles. The predicted octanol–water partition coefficient (Wildman–Crippen LogP) is 2.79. The molecule has 1 fully saturated rings. The minimum absolute atomic E-state index is 0.0249. The monoisotopic (exact) mass is 424 g/mol. The second-order valence-corrected chi connectivity index (χ2v) is 7.79. The molecule has 2 aromatic carbocycles. The summed E-state index contributed by atoms with van der Waals surface area (Å²) >= 11 is 0. The fraction of sp³-hybridized carbons (Fsp3) is 0.417. The van der Waals surface area contributed by atoms with E-state index in [0.29, 0.717) is 26.2 Å². The molecule has 7 heteroatoms. The van der Waals surface area contributed by atoms with Gasteiger partial charge in [-0.2, -0.15) is 0 Å². The molecule has 0 bridgehead atoms. The number of amides is 1. The lowest BCUT2D eigenvalue weighted by atomic mass is 9.98. The molecule has 1 saturated heterocycles. The summed E-state index contributed by atoms with van der Waals surface area (Å²) in [6, 6.07) is 15.6. The van der Waals surface area contributed by atoms with Gasteiger partial charge in [-0.1, -0.05) is 48.5 Å². The molecule has 31 heavy (non-hydrogen) atoms. The lowest BCUT2D eigenvalue weighted by Crippen LogP contribution is -2.45. The molecule has 2 aliphatic rings. The number of esters is 1. The van der Waals surface area contributed by atoms with Gasteiger partial charge in [-0.3, -0.25) is 4.90 Å². The van der Waals surface area contributed by atoms with Crippen molar-refractivity contribution < 1.29 is 23.8 Å². The number of alkyl carbamates (subject to hydrolysis) is 1. The first-order chi connectivity index (χ1) is 15.2. The lowest BCUT2D eigenvalue weighted by Gasteiger charge is -2.28. The molecule has 0 unspecified atom stereocenters. The number of nitrogens with one attached hydrogen (secondary N) is 1. The van der Waals surface area contributed by atoms with E-state index >= 15 is 0 Å². The second-order valence-electron chi connectivity index (χ2n) is 7.79. The van der Waals surface area contributed by atoms with Gasteiger partial charge in [0.2, 0.25) is 0 Å². The van der Waals surface area contributed by atoms with Crippen LogP contribution in [-0.4, -0.2) is 69.6 Å². The van der Waals surface area contributed by atoms with E-state index < -0.39 is 18.1 Å². The average Bonchev–Trinajstić information content (AvgIpc) is 3.14. The van der Waals surface area contributed by atoms with Gasteiger partial charge in [0.05, 0.1) is 20.3 Å². The standard InChI is InChI=1S/C24H28N2O5/c1-29-23(27)22(10-11-26-12-14-30-15-13-26)25-24(28)31-16-21-19-8-4-2-6-17(19)18-7-3-5-9-20(18)21/h2-9,21-22H,10-16H2,1H3,(H,25,28)/t22-/m0/s1. The molecule has 0 radical (unpaired) electrons. The quantitative estimate of drug-likeness (QED) is 0.689. The van der Waals surface area contributed by atoms with Crippen LogP contribution in [0.2, 0.25) is 0 Å². The Balaban J connectivity index is 1.36. The van der Waals surface area contributed by atoms with Gasteiger partial charge in [0.25, 0.3) is 0 Å². The van der Waals surface area contributed by atoms with Crippen molar-refractivity contribution in [3.05, 3.63) is 59.7 Å². The van der Waals surface area contributed by atoms with Gasteiger partial charge in [0, 0.05) is 25.6 Å². The van der Waals surface area contributed by atoms with Gasteiger partial charge in [0.1, 0.15) is 12.6 Å². The van der Waals surface area contributed by atoms with Crippen LogP contribution in [0.3, 0.4) is 0 Å². The smallest absolute Gasteiger partial charge is 0.407 e. The summed E-state index contributed by atoms with van der Waals surface area (Å²) in [4.78, 5) is 26.9. The number of methoxy groups -OCH3 is 1. The topological polar surface area (TPSA) is 77.1 Å². The van der Waals surface area contributed by atoms with Crippen molar-refractivity contribution in [3.63, 3.8) is 0 Å². The summed E-state index contributed by atoms with van der Waals surface area (Å²) in [6.45, 7) is 3.88. The Morgan fingerprint density at radius 1 is 1.06 bits per heavy atom. The highest BCUT2D eigenvalue weighted by Crippen LogP contribution is 2.44. The number of nitrogens with zero attached hydrogens (tertiary/aromatic N) is 1. The molecular weight excluding hydrogens is 396 g/mol. The van der Waals surface area contributed by atoms with Crippen LogP contribution in [0.4, 0.5) is 4.79 Å². The van der Waals surface area contributed by atoms with E-state index in [1.807, 2.05) is 24.3 Å². The zero-order chi connectivity index (χ0) is 21.6. The maximum absolute atomic E-state index is 12.5. The molecule has 7 nitrogen and oxygen atoms in total. The third-order valence-electron chi connectivity index (χ3n) is 5.96. The minimum atomic E-state index is -0.747. The number of morpholine rings is 1. The van der Waals surface area contributed by atoms with Gasteiger partial charge in [-0.15, -0.1) is 0 Å². The molecule has 1 N–H and O–H groups in total. The molecule has 0 saturated carbocycles. The average molecular weight is 424 g/mol. The van der Waals surface area contributed by atoms with Crippen molar-refractivity contribution >= 4 is 12.1 Å². The van der Waals surface area contributed by atoms with Gasteiger partial charge in [0.15, 0.2) is 0 Å². The van der Waals surface area contributed by atoms with Crippen molar-refractivity contribution in [3.8, 4) is 11.1 Å². The third-order valence-corrected chi connectivity index (χ3v) is 5.96. The van der Waals surface area contributed by atoms with Gasteiger partial charge in [-0.25, -0.2) is 9.59 Å². The first-order valence-corrected chi connectivity index (χ1v) is 10.7. The maximum atomic E-state index is 12.5. The normalized spacial score (nSPS) is 16.8. The number of hydrogen-bond acceptors (Lipinski definition) is 6. The van der Waals surface area contributed by atoms with Crippen LogP contribution >= 0.6 is 0 Å². The Labute approximate surface area is 182 Å². The number of fused-ring (bicyclic) bond motifs is 3. The Bertz CT molecular complexity index is 880. The fourth-order valence-electron chi connectivity index (χ4n) is 4.31. The molecule has 1 aliphatic carbocycles. The SMILES string of the molecule is COC(=O)[C@H](CCN1CCOCC1)NC(=O)OCC1c2ccccc2-c2ccccc21. The number of rotatable bonds is 7. The van der Waals surface area contributed by atoms with Crippen molar-refractivity contribution in [2.75, 3.05) is 46.6 Å². The van der Waals surface area contributed by atoms with Crippen LogP contribution in [0, 0.1) is 0 Å². The van der Waals surface area contributed by atoms with Gasteiger partial charge in [-0.05, 0) is 28.7 Å². The van der Waals surface area contributed by atoms with Crippen LogP contribution in [0.25, 0.3) is 11.1 Å². The largest absolute Gasteiger partial charge is 0.467 e. The Hall–Kier alpha value is -2.90. The molecule has 1 atom stereocenters.